The molecule has 20 heavy (non-hydrogen) atoms. The van der Waals surface area contributed by atoms with Crippen molar-refractivity contribution in [3.63, 3.8) is 0 Å². The van der Waals surface area contributed by atoms with E-state index in [0.717, 1.165) is 10.7 Å². The number of hydrogen-bond donors (Lipinski definition) is 0. The molecule has 5 nitrogen and oxygen atoms in total. The zero-order valence-corrected chi connectivity index (χ0v) is 12.0. The molecular formula is C14H14N4OS. The highest BCUT2D eigenvalue weighted by Crippen LogP contribution is 2.33. The molecule has 6 heteroatoms. The number of aromatic nitrogens is 4. The van der Waals surface area contributed by atoms with Crippen LogP contribution in [0.15, 0.2) is 52.3 Å². The summed E-state index contributed by atoms with van der Waals surface area (Å²) in [5.41, 5.74) is 0.931. The molecule has 0 fully saturated rings. The summed E-state index contributed by atoms with van der Waals surface area (Å²) >= 11 is 1.59. The van der Waals surface area contributed by atoms with E-state index in [2.05, 4.69) is 15.2 Å². The summed E-state index contributed by atoms with van der Waals surface area (Å²) in [6.07, 6.45) is 3.69. The van der Waals surface area contributed by atoms with Gasteiger partial charge in [-0.2, -0.15) is 0 Å². The molecule has 0 radical (unpaired) electrons. The maximum atomic E-state index is 5.74. The second-order valence-corrected chi connectivity index (χ2v) is 5.70. The molecule has 3 rings (SSSR count). The van der Waals surface area contributed by atoms with Crippen LogP contribution in [0.1, 0.15) is 18.1 Å². The van der Waals surface area contributed by atoms with Crippen molar-refractivity contribution < 1.29 is 4.42 Å². The Morgan fingerprint density at radius 1 is 1.20 bits per heavy atom. The molecule has 0 spiro atoms. The summed E-state index contributed by atoms with van der Waals surface area (Å²) in [7, 11) is 1.96. The number of benzene rings is 1. The first-order chi connectivity index (χ1) is 9.74. The predicted octanol–water partition coefficient (Wildman–Crippen LogP) is 3.32. The summed E-state index contributed by atoms with van der Waals surface area (Å²) < 4.78 is 7.71. The summed E-state index contributed by atoms with van der Waals surface area (Å²) in [4.78, 5) is 4.28. The topological polar surface area (TPSA) is 56.7 Å². The van der Waals surface area contributed by atoms with Gasteiger partial charge in [-0.15, -0.1) is 10.2 Å². The van der Waals surface area contributed by atoms with Crippen molar-refractivity contribution in [3.05, 3.63) is 48.6 Å². The molecule has 0 aliphatic heterocycles. The minimum Gasteiger partial charge on any atom is -0.419 e. The molecule has 0 N–H and O–H groups in total. The van der Waals surface area contributed by atoms with Crippen molar-refractivity contribution >= 4 is 11.8 Å². The largest absolute Gasteiger partial charge is 0.419 e. The highest BCUT2D eigenvalue weighted by Gasteiger charge is 2.17. The Kier molecular flexibility index (Phi) is 3.56. The van der Waals surface area contributed by atoms with Gasteiger partial charge in [0.15, 0.2) is 5.16 Å². The Labute approximate surface area is 121 Å². The van der Waals surface area contributed by atoms with Gasteiger partial charge >= 0.3 is 0 Å². The van der Waals surface area contributed by atoms with E-state index in [-0.39, 0.29) is 5.25 Å². The Hall–Kier alpha value is -2.08. The molecule has 0 amide bonds. The van der Waals surface area contributed by atoms with Crippen molar-refractivity contribution in [1.82, 2.24) is 19.7 Å². The van der Waals surface area contributed by atoms with Crippen LogP contribution in [0.25, 0.3) is 11.5 Å². The first-order valence-corrected chi connectivity index (χ1v) is 7.15. The van der Waals surface area contributed by atoms with Gasteiger partial charge < -0.3 is 8.98 Å². The summed E-state index contributed by atoms with van der Waals surface area (Å²) in [5, 5.41) is 9.21. The minimum atomic E-state index is 0.0565. The number of hydrogen-bond acceptors (Lipinski definition) is 5. The van der Waals surface area contributed by atoms with Gasteiger partial charge in [-0.3, -0.25) is 0 Å². The Morgan fingerprint density at radius 3 is 2.70 bits per heavy atom. The van der Waals surface area contributed by atoms with E-state index in [1.807, 2.05) is 55.1 Å². The molecule has 0 saturated heterocycles. The van der Waals surface area contributed by atoms with Crippen LogP contribution < -0.4 is 0 Å². The first-order valence-electron chi connectivity index (χ1n) is 6.27. The van der Waals surface area contributed by atoms with Gasteiger partial charge in [-0.25, -0.2) is 4.98 Å². The SMILES string of the molecule is CC(Sc1nccn1C)c1nnc(-c2ccccc2)o1. The van der Waals surface area contributed by atoms with Gasteiger partial charge in [0, 0.05) is 25.0 Å². The lowest BCUT2D eigenvalue weighted by Gasteiger charge is -2.05. The molecule has 1 unspecified atom stereocenters. The van der Waals surface area contributed by atoms with E-state index in [1.54, 1.807) is 18.0 Å². The van der Waals surface area contributed by atoms with E-state index < -0.39 is 0 Å². The van der Waals surface area contributed by atoms with Crippen molar-refractivity contribution in [2.45, 2.75) is 17.3 Å². The van der Waals surface area contributed by atoms with Crippen molar-refractivity contribution in [3.8, 4) is 11.5 Å². The molecule has 0 bridgehead atoms. The van der Waals surface area contributed by atoms with E-state index in [4.69, 9.17) is 4.42 Å². The van der Waals surface area contributed by atoms with Crippen LogP contribution in [0.5, 0.6) is 0 Å². The fourth-order valence-corrected chi connectivity index (χ4v) is 2.63. The first kappa shape index (κ1) is 12.9. The molecule has 102 valence electrons. The van der Waals surface area contributed by atoms with E-state index in [0.29, 0.717) is 11.8 Å². The lowest BCUT2D eigenvalue weighted by molar-refractivity contribution is 0.508. The van der Waals surface area contributed by atoms with E-state index >= 15 is 0 Å². The van der Waals surface area contributed by atoms with Crippen molar-refractivity contribution in [1.29, 1.82) is 0 Å². The van der Waals surface area contributed by atoms with Crippen molar-refractivity contribution in [2.24, 2.45) is 7.05 Å². The van der Waals surface area contributed by atoms with Crippen LogP contribution in [-0.4, -0.2) is 19.7 Å². The summed E-state index contributed by atoms with van der Waals surface area (Å²) in [6, 6.07) is 9.76. The Bertz CT molecular complexity index is 692. The molecular weight excluding hydrogens is 272 g/mol. The normalized spacial score (nSPS) is 12.5. The average Bonchev–Trinajstić information content (AvgIpc) is 3.10. The van der Waals surface area contributed by atoms with Gasteiger partial charge in [0.1, 0.15) is 0 Å². The highest BCUT2D eigenvalue weighted by molar-refractivity contribution is 7.99. The number of rotatable bonds is 4. The second-order valence-electron chi connectivity index (χ2n) is 4.39. The fraction of sp³-hybridized carbons (Fsp3) is 0.214. The Morgan fingerprint density at radius 2 is 2.00 bits per heavy atom. The number of thioether (sulfide) groups is 1. The van der Waals surface area contributed by atoms with Crippen LogP contribution in [0, 0.1) is 0 Å². The molecule has 0 aliphatic carbocycles. The van der Waals surface area contributed by atoms with Crippen LogP contribution in [-0.2, 0) is 7.05 Å². The highest BCUT2D eigenvalue weighted by atomic mass is 32.2. The number of nitrogens with zero attached hydrogens (tertiary/aromatic N) is 4. The van der Waals surface area contributed by atoms with E-state index in [9.17, 15) is 0 Å². The van der Waals surface area contributed by atoms with Gasteiger partial charge in [-0.1, -0.05) is 30.0 Å². The van der Waals surface area contributed by atoms with Gasteiger partial charge in [0.25, 0.3) is 0 Å². The van der Waals surface area contributed by atoms with Crippen molar-refractivity contribution in [2.75, 3.05) is 0 Å². The van der Waals surface area contributed by atoms with Gasteiger partial charge in [0.05, 0.1) is 5.25 Å². The van der Waals surface area contributed by atoms with Crippen LogP contribution in [0.4, 0.5) is 0 Å². The van der Waals surface area contributed by atoms with Crippen LogP contribution in [0.3, 0.4) is 0 Å². The molecule has 3 aromatic rings. The standard InChI is InChI=1S/C14H14N4OS/c1-10(20-14-15-8-9-18(14)2)12-16-17-13(19-12)11-6-4-3-5-7-11/h3-10H,1-2H3. The third kappa shape index (κ3) is 2.60. The molecule has 2 aromatic heterocycles. The van der Waals surface area contributed by atoms with E-state index in [1.165, 1.54) is 0 Å². The smallest absolute Gasteiger partial charge is 0.247 e. The van der Waals surface area contributed by atoms with Gasteiger partial charge in [0.2, 0.25) is 11.8 Å². The summed E-state index contributed by atoms with van der Waals surface area (Å²) in [5.74, 6) is 1.16. The van der Waals surface area contributed by atoms with Gasteiger partial charge in [-0.05, 0) is 19.1 Å². The minimum absolute atomic E-state index is 0.0565. The van der Waals surface area contributed by atoms with Crippen LogP contribution >= 0.6 is 11.8 Å². The zero-order valence-electron chi connectivity index (χ0n) is 11.2. The maximum absolute atomic E-state index is 5.74. The lowest BCUT2D eigenvalue weighted by atomic mass is 10.2. The number of imidazole rings is 1. The quantitative estimate of drug-likeness (QED) is 0.689. The monoisotopic (exact) mass is 286 g/mol. The predicted molar refractivity (Wildman–Crippen MR) is 77.2 cm³/mol. The molecule has 2 heterocycles. The lowest BCUT2D eigenvalue weighted by Crippen LogP contribution is -1.94. The molecule has 0 aliphatic rings. The number of aryl methyl sites for hydroxylation is 1. The summed E-state index contributed by atoms with van der Waals surface area (Å²) in [6.45, 7) is 2.03. The van der Waals surface area contributed by atoms with Crippen LogP contribution in [0.2, 0.25) is 0 Å². The third-order valence-corrected chi connectivity index (χ3v) is 4.03. The fourth-order valence-electron chi connectivity index (χ4n) is 1.77. The average molecular weight is 286 g/mol. The molecule has 0 saturated carbocycles. The third-order valence-electron chi connectivity index (χ3n) is 2.87. The molecule has 1 atom stereocenters. The Balaban J connectivity index is 1.78. The molecule has 1 aromatic carbocycles. The second kappa shape index (κ2) is 5.50. The maximum Gasteiger partial charge on any atom is 0.247 e. The zero-order chi connectivity index (χ0) is 13.9.